The van der Waals surface area contributed by atoms with Gasteiger partial charge in [-0.1, -0.05) is 30.3 Å². The highest BCUT2D eigenvalue weighted by atomic mass is 32.2. The van der Waals surface area contributed by atoms with Crippen LogP contribution in [0.2, 0.25) is 0 Å². The monoisotopic (exact) mass is 468 g/mol. The Bertz CT molecular complexity index is 1190. The van der Waals surface area contributed by atoms with Crippen LogP contribution in [-0.4, -0.2) is 33.4 Å². The molecule has 0 saturated carbocycles. The second-order valence-electron chi connectivity index (χ2n) is 6.89. The molecule has 1 amide bonds. The van der Waals surface area contributed by atoms with Gasteiger partial charge in [-0.2, -0.15) is 0 Å². The van der Waals surface area contributed by atoms with Crippen molar-refractivity contribution < 1.29 is 27.2 Å². The van der Waals surface area contributed by atoms with Crippen LogP contribution in [0.15, 0.2) is 88.4 Å². The summed E-state index contributed by atoms with van der Waals surface area (Å²) in [4.78, 5) is 26.0. The number of likely N-dealkylation sites (N-methyl/N-ethyl adjacent to an activating group) is 1. The lowest BCUT2D eigenvalue weighted by molar-refractivity contribution is -0.142. The van der Waals surface area contributed by atoms with E-state index in [0.717, 1.165) is 5.69 Å². The molecular weight excluding hydrogens is 444 g/mol. The summed E-state index contributed by atoms with van der Waals surface area (Å²) in [6.45, 7) is 1.94. The summed E-state index contributed by atoms with van der Waals surface area (Å²) in [6, 6.07) is 18.4. The predicted molar refractivity (Wildman–Crippen MR) is 124 cm³/mol. The Morgan fingerprint density at radius 1 is 1.03 bits per heavy atom. The molecule has 0 aliphatic carbocycles. The Morgan fingerprint density at radius 2 is 1.76 bits per heavy atom. The lowest BCUT2D eigenvalue weighted by Crippen LogP contribution is -2.34. The van der Waals surface area contributed by atoms with Crippen molar-refractivity contribution in [2.24, 2.45) is 0 Å². The molecule has 0 spiro atoms. The van der Waals surface area contributed by atoms with Crippen LogP contribution in [0, 0.1) is 0 Å². The van der Waals surface area contributed by atoms with Gasteiger partial charge < -0.3 is 14.1 Å². The number of hydrogen-bond donors (Lipinski definition) is 1. The quantitative estimate of drug-likeness (QED) is 0.361. The highest BCUT2D eigenvalue weighted by Gasteiger charge is 2.16. The van der Waals surface area contributed by atoms with Gasteiger partial charge in [-0.15, -0.1) is 0 Å². The smallest absolute Gasteiger partial charge is 0.331 e. The molecule has 2 aromatic carbocycles. The zero-order valence-electron chi connectivity index (χ0n) is 18.0. The van der Waals surface area contributed by atoms with Crippen LogP contribution < -0.4 is 9.62 Å². The van der Waals surface area contributed by atoms with Crippen LogP contribution in [-0.2, 0) is 30.9 Å². The highest BCUT2D eigenvalue weighted by Crippen LogP contribution is 2.14. The van der Waals surface area contributed by atoms with E-state index in [9.17, 15) is 18.0 Å². The first-order valence-electron chi connectivity index (χ1n) is 10.2. The maximum Gasteiger partial charge on any atom is 0.331 e. The number of nitrogens with zero attached hydrogens (tertiary/aromatic N) is 1. The van der Waals surface area contributed by atoms with Crippen molar-refractivity contribution in [3.63, 3.8) is 0 Å². The molecule has 3 rings (SSSR count). The maximum atomic E-state index is 12.4. The standard InChI is InChI=1S/C24H24N2O6S/c1-2-26(20-7-4-3-5-8-20)23(27)18-32-24(28)15-12-19-10-13-22(14-11-19)33(29,30)25-17-21-9-6-16-31-21/h3-16,25H,2,17-18H2,1H3/b15-12+. The Labute approximate surface area is 192 Å². The van der Waals surface area contributed by atoms with Crippen LogP contribution in [0.1, 0.15) is 18.2 Å². The van der Waals surface area contributed by atoms with E-state index in [1.54, 1.807) is 36.4 Å². The van der Waals surface area contributed by atoms with Gasteiger partial charge in [-0.05, 0) is 55.0 Å². The van der Waals surface area contributed by atoms with Gasteiger partial charge in [0.25, 0.3) is 5.91 Å². The number of nitrogens with one attached hydrogen (secondary N) is 1. The average molecular weight is 469 g/mol. The summed E-state index contributed by atoms with van der Waals surface area (Å²) in [5.41, 5.74) is 1.33. The number of esters is 1. The van der Waals surface area contributed by atoms with Gasteiger partial charge in [0.05, 0.1) is 17.7 Å². The molecule has 0 fully saturated rings. The van der Waals surface area contributed by atoms with Gasteiger partial charge >= 0.3 is 5.97 Å². The second-order valence-corrected chi connectivity index (χ2v) is 8.65. The van der Waals surface area contributed by atoms with E-state index in [1.165, 1.54) is 35.4 Å². The number of carbonyl (C=O) groups excluding carboxylic acids is 2. The molecule has 3 aromatic rings. The van der Waals surface area contributed by atoms with E-state index >= 15 is 0 Å². The first-order valence-corrected chi connectivity index (χ1v) is 11.7. The van der Waals surface area contributed by atoms with Crippen molar-refractivity contribution in [1.82, 2.24) is 4.72 Å². The zero-order valence-corrected chi connectivity index (χ0v) is 18.8. The predicted octanol–water partition coefficient (Wildman–Crippen LogP) is 3.37. The number of anilines is 1. The van der Waals surface area contributed by atoms with Gasteiger partial charge in [-0.25, -0.2) is 17.9 Å². The molecule has 0 aliphatic heterocycles. The van der Waals surface area contributed by atoms with Crippen LogP contribution in [0.25, 0.3) is 6.08 Å². The molecule has 0 saturated heterocycles. The van der Waals surface area contributed by atoms with Crippen LogP contribution in [0.3, 0.4) is 0 Å². The summed E-state index contributed by atoms with van der Waals surface area (Å²) >= 11 is 0. The van der Waals surface area contributed by atoms with Gasteiger partial charge in [0.15, 0.2) is 6.61 Å². The molecule has 172 valence electrons. The number of amides is 1. The molecule has 33 heavy (non-hydrogen) atoms. The van der Waals surface area contributed by atoms with Gasteiger partial charge in [-0.3, -0.25) is 4.79 Å². The summed E-state index contributed by atoms with van der Waals surface area (Å²) in [5.74, 6) is -0.507. The summed E-state index contributed by atoms with van der Waals surface area (Å²) in [7, 11) is -3.70. The lowest BCUT2D eigenvalue weighted by atomic mass is 10.2. The summed E-state index contributed by atoms with van der Waals surface area (Å²) < 4.78 is 37.3. The average Bonchev–Trinajstić information content (AvgIpc) is 3.35. The van der Waals surface area contributed by atoms with Crippen molar-refractivity contribution in [3.8, 4) is 0 Å². The number of carbonyl (C=O) groups is 2. The van der Waals surface area contributed by atoms with Crippen LogP contribution >= 0.6 is 0 Å². The minimum absolute atomic E-state index is 0.0429. The number of benzene rings is 2. The fourth-order valence-electron chi connectivity index (χ4n) is 2.95. The van der Waals surface area contributed by atoms with Gasteiger partial charge in [0.2, 0.25) is 10.0 Å². The van der Waals surface area contributed by atoms with Crippen molar-refractivity contribution in [1.29, 1.82) is 0 Å². The maximum absolute atomic E-state index is 12.4. The number of hydrogen-bond acceptors (Lipinski definition) is 6. The summed E-state index contributed by atoms with van der Waals surface area (Å²) in [6.07, 6.45) is 4.13. The number of sulfonamides is 1. The van der Waals surface area contributed by atoms with Crippen LogP contribution in [0.5, 0.6) is 0 Å². The molecule has 9 heteroatoms. The third-order valence-electron chi connectivity index (χ3n) is 4.64. The first-order chi connectivity index (χ1) is 15.9. The van der Waals surface area contributed by atoms with E-state index < -0.39 is 16.0 Å². The number of rotatable bonds is 10. The third-order valence-corrected chi connectivity index (χ3v) is 6.06. The van der Waals surface area contributed by atoms with Crippen molar-refractivity contribution in [2.75, 3.05) is 18.1 Å². The van der Waals surface area contributed by atoms with E-state index in [-0.39, 0.29) is 24.0 Å². The third kappa shape index (κ3) is 6.90. The molecule has 0 radical (unpaired) electrons. The topological polar surface area (TPSA) is 106 Å². The van der Waals surface area contributed by atoms with Crippen LogP contribution in [0.4, 0.5) is 5.69 Å². The molecule has 8 nitrogen and oxygen atoms in total. The Hall–Kier alpha value is -3.69. The van der Waals surface area contributed by atoms with E-state index in [0.29, 0.717) is 17.9 Å². The molecule has 0 unspecified atom stereocenters. The molecule has 0 atom stereocenters. The number of furan rings is 1. The highest BCUT2D eigenvalue weighted by molar-refractivity contribution is 7.89. The molecule has 1 heterocycles. The molecule has 0 aliphatic rings. The normalized spacial score (nSPS) is 11.4. The Kier molecular flexibility index (Phi) is 8.17. The summed E-state index contributed by atoms with van der Waals surface area (Å²) in [5, 5.41) is 0. The Morgan fingerprint density at radius 3 is 2.39 bits per heavy atom. The SMILES string of the molecule is CCN(C(=O)COC(=O)/C=C/c1ccc(S(=O)(=O)NCc2ccco2)cc1)c1ccccc1. The Balaban J connectivity index is 1.52. The largest absolute Gasteiger partial charge is 0.468 e. The number of para-hydroxylation sites is 1. The number of ether oxygens (including phenoxy) is 1. The van der Waals surface area contributed by atoms with E-state index in [2.05, 4.69) is 4.72 Å². The zero-order chi connectivity index (χ0) is 23.7. The molecule has 1 aromatic heterocycles. The molecule has 1 N–H and O–H groups in total. The molecular formula is C24H24N2O6S. The second kappa shape index (κ2) is 11.3. The minimum Gasteiger partial charge on any atom is -0.468 e. The lowest BCUT2D eigenvalue weighted by Gasteiger charge is -2.20. The van der Waals surface area contributed by atoms with Gasteiger partial charge in [0.1, 0.15) is 5.76 Å². The molecule has 0 bridgehead atoms. The first kappa shape index (κ1) is 24.0. The minimum atomic E-state index is -3.70. The van der Waals surface area contributed by atoms with Crippen molar-refractivity contribution in [2.45, 2.75) is 18.4 Å². The van der Waals surface area contributed by atoms with Crippen molar-refractivity contribution in [3.05, 3.63) is 90.4 Å². The van der Waals surface area contributed by atoms with Gasteiger partial charge in [0, 0.05) is 18.3 Å². The fraction of sp³-hybridized carbons (Fsp3) is 0.167. The van der Waals surface area contributed by atoms with Crippen molar-refractivity contribution >= 4 is 33.7 Å². The van der Waals surface area contributed by atoms with E-state index in [1.807, 2.05) is 25.1 Å². The fourth-order valence-corrected chi connectivity index (χ4v) is 3.95. The van der Waals surface area contributed by atoms with E-state index in [4.69, 9.17) is 9.15 Å².